The van der Waals surface area contributed by atoms with E-state index in [1.54, 1.807) is 18.0 Å². The summed E-state index contributed by atoms with van der Waals surface area (Å²) in [5.74, 6) is 0.597. The number of hydrogen-bond donors (Lipinski definition) is 2. The largest absolute Gasteiger partial charge is 0.489 e. The number of benzene rings is 1. The van der Waals surface area contributed by atoms with Crippen molar-refractivity contribution in [3.8, 4) is 5.75 Å². The van der Waals surface area contributed by atoms with Crippen LogP contribution in [-0.4, -0.2) is 89.2 Å². The number of aliphatic hydroxyl groups is 1. The third kappa shape index (κ3) is 7.08. The second-order valence-corrected chi connectivity index (χ2v) is 12.9. The first kappa shape index (κ1) is 35.7. The van der Waals surface area contributed by atoms with Crippen molar-refractivity contribution >= 4 is 11.6 Å². The third-order valence-corrected chi connectivity index (χ3v) is 8.72. The number of carbonyl (C=O) groups excluding carboxylic acids is 1. The highest BCUT2D eigenvalue weighted by atomic mass is 19.4. The number of anilines is 1. The lowest BCUT2D eigenvalue weighted by Crippen LogP contribution is -2.59. The summed E-state index contributed by atoms with van der Waals surface area (Å²) in [5.41, 5.74) is -5.15. The number of pyridine rings is 1. The van der Waals surface area contributed by atoms with E-state index < -0.39 is 29.1 Å². The van der Waals surface area contributed by atoms with Gasteiger partial charge in [-0.25, -0.2) is 0 Å². The summed E-state index contributed by atoms with van der Waals surface area (Å²) in [7, 11) is 0. The Labute approximate surface area is 265 Å². The Morgan fingerprint density at radius 3 is 2.33 bits per heavy atom. The molecule has 2 saturated heterocycles. The van der Waals surface area contributed by atoms with Crippen molar-refractivity contribution in [2.45, 2.75) is 96.1 Å². The molecule has 1 amide bonds. The highest BCUT2D eigenvalue weighted by molar-refractivity contribution is 5.79. The van der Waals surface area contributed by atoms with Gasteiger partial charge in [0.2, 0.25) is 5.91 Å². The number of alkyl halides is 6. The van der Waals surface area contributed by atoms with Crippen molar-refractivity contribution in [3.63, 3.8) is 0 Å². The molecule has 3 atom stereocenters. The minimum atomic E-state index is -5.96. The first-order valence-corrected chi connectivity index (χ1v) is 15.5. The Kier molecular flexibility index (Phi) is 10.2. The summed E-state index contributed by atoms with van der Waals surface area (Å²) in [5, 5.41) is 13.4. The Bertz CT molecular complexity index is 1360. The van der Waals surface area contributed by atoms with Crippen LogP contribution in [0, 0.1) is 0 Å². The molecule has 8 nitrogen and oxygen atoms in total. The molecule has 0 aliphatic carbocycles. The van der Waals surface area contributed by atoms with E-state index >= 15 is 0 Å². The van der Waals surface area contributed by atoms with Crippen molar-refractivity contribution in [3.05, 3.63) is 53.3 Å². The van der Waals surface area contributed by atoms with Crippen molar-refractivity contribution in [1.29, 1.82) is 0 Å². The molecule has 14 heteroatoms. The van der Waals surface area contributed by atoms with Crippen LogP contribution in [0.15, 0.2) is 36.5 Å². The summed E-state index contributed by atoms with van der Waals surface area (Å²) in [4.78, 5) is 23.8. The number of rotatable bonds is 9. The molecular formula is C32H43F6N5O3. The van der Waals surface area contributed by atoms with Crippen LogP contribution >= 0.6 is 0 Å². The molecule has 1 aromatic heterocycles. The molecule has 1 aromatic carbocycles. The average molecular weight is 660 g/mol. The number of aryl methyl sites for hydroxylation is 1. The van der Waals surface area contributed by atoms with Crippen molar-refractivity contribution in [1.82, 2.24) is 20.1 Å². The van der Waals surface area contributed by atoms with E-state index in [1.807, 2.05) is 56.6 Å². The van der Waals surface area contributed by atoms with Gasteiger partial charge in [-0.2, -0.15) is 26.3 Å². The van der Waals surface area contributed by atoms with Gasteiger partial charge in [-0.1, -0.05) is 25.5 Å². The zero-order valence-corrected chi connectivity index (χ0v) is 27.0. The highest BCUT2D eigenvalue weighted by Crippen LogP contribution is 2.50. The maximum Gasteiger partial charge on any atom is 0.430 e. The second kappa shape index (κ2) is 13.2. The highest BCUT2D eigenvalue weighted by Gasteiger charge is 2.71. The van der Waals surface area contributed by atoms with Gasteiger partial charge < -0.3 is 19.6 Å². The number of ether oxygens (including phenoxy) is 1. The van der Waals surface area contributed by atoms with Gasteiger partial charge in [0, 0.05) is 49.6 Å². The number of carbonyl (C=O) groups is 1. The molecule has 0 saturated carbocycles. The summed E-state index contributed by atoms with van der Waals surface area (Å²) < 4.78 is 87.2. The van der Waals surface area contributed by atoms with E-state index in [1.165, 1.54) is 6.07 Å². The molecule has 2 aliphatic heterocycles. The number of hydrogen-bond acceptors (Lipinski definition) is 7. The molecule has 0 bridgehead atoms. The van der Waals surface area contributed by atoms with Crippen molar-refractivity contribution < 1.29 is 41.0 Å². The van der Waals surface area contributed by atoms with Crippen LogP contribution in [0.2, 0.25) is 0 Å². The Morgan fingerprint density at radius 1 is 1.09 bits per heavy atom. The fourth-order valence-electron chi connectivity index (χ4n) is 6.32. The first-order chi connectivity index (χ1) is 21.3. The van der Waals surface area contributed by atoms with Crippen LogP contribution in [0.5, 0.6) is 5.75 Å². The van der Waals surface area contributed by atoms with Gasteiger partial charge in [0.25, 0.3) is 5.60 Å². The molecule has 3 heterocycles. The van der Waals surface area contributed by atoms with Crippen LogP contribution in [0.25, 0.3) is 0 Å². The molecule has 2 aromatic rings. The van der Waals surface area contributed by atoms with Gasteiger partial charge in [-0.15, -0.1) is 0 Å². The van der Waals surface area contributed by atoms with Crippen LogP contribution in [0.4, 0.5) is 32.0 Å². The molecular weight excluding hydrogens is 616 g/mol. The molecule has 2 N–H and O–H groups in total. The molecule has 1 unspecified atom stereocenters. The molecule has 0 spiro atoms. The van der Waals surface area contributed by atoms with Gasteiger partial charge in [0.1, 0.15) is 5.75 Å². The van der Waals surface area contributed by atoms with Crippen LogP contribution in [0.1, 0.15) is 64.8 Å². The van der Waals surface area contributed by atoms with Gasteiger partial charge >= 0.3 is 12.4 Å². The van der Waals surface area contributed by atoms with Crippen molar-refractivity contribution in [2.24, 2.45) is 0 Å². The van der Waals surface area contributed by atoms with E-state index in [0.29, 0.717) is 50.2 Å². The van der Waals surface area contributed by atoms with Gasteiger partial charge in [-0.05, 0) is 64.8 Å². The number of nitrogens with one attached hydrogen (secondary N) is 1. The van der Waals surface area contributed by atoms with E-state index in [9.17, 15) is 36.2 Å². The molecule has 2 fully saturated rings. The third-order valence-electron chi connectivity index (χ3n) is 8.72. The summed E-state index contributed by atoms with van der Waals surface area (Å²) in [6.07, 6.45) is -9.54. The molecule has 4 rings (SSSR count). The number of aromatic nitrogens is 1. The minimum absolute atomic E-state index is 0.0309. The zero-order chi connectivity index (χ0) is 34.2. The van der Waals surface area contributed by atoms with Crippen LogP contribution < -0.4 is 15.0 Å². The molecule has 256 valence electrons. The van der Waals surface area contributed by atoms with E-state index in [2.05, 4.69) is 10.3 Å². The van der Waals surface area contributed by atoms with Gasteiger partial charge in [0.15, 0.2) is 0 Å². The quantitative estimate of drug-likeness (QED) is 0.352. The normalized spacial score (nSPS) is 23.3. The Hall–Kier alpha value is -3.10. The number of amides is 1. The maximum atomic E-state index is 13.6. The van der Waals surface area contributed by atoms with E-state index in [0.717, 1.165) is 11.8 Å². The van der Waals surface area contributed by atoms with Crippen LogP contribution in [0.3, 0.4) is 0 Å². The maximum absolute atomic E-state index is 13.6. The number of nitrogens with zero attached hydrogens (tertiary/aromatic N) is 4. The number of piperazine rings is 1. The van der Waals surface area contributed by atoms with E-state index in [4.69, 9.17) is 4.74 Å². The summed E-state index contributed by atoms with van der Waals surface area (Å²) in [6.45, 7) is 13.2. The predicted octanol–water partition coefficient (Wildman–Crippen LogP) is 5.34. The predicted molar refractivity (Wildman–Crippen MR) is 161 cm³/mol. The second-order valence-electron chi connectivity index (χ2n) is 12.9. The SMILES string of the molecule is CCCc1cc(C(O)(C(F)(F)F)C(F)(F)F)ccc1N1C[C@H](C)N(C(=O)CN2CN[C@@](C)(c3ccc(OC(C)C)cn3)C2)CC1C. The lowest BCUT2D eigenvalue weighted by molar-refractivity contribution is -0.376. The number of halogens is 6. The fraction of sp³-hybridized carbons (Fsp3) is 0.625. The minimum Gasteiger partial charge on any atom is -0.489 e. The topological polar surface area (TPSA) is 81.2 Å². The molecule has 0 radical (unpaired) electrons. The van der Waals surface area contributed by atoms with Gasteiger partial charge in [0.05, 0.1) is 30.1 Å². The van der Waals surface area contributed by atoms with Crippen molar-refractivity contribution in [2.75, 3.05) is 37.7 Å². The van der Waals surface area contributed by atoms with Crippen LogP contribution in [-0.2, 0) is 22.4 Å². The fourth-order valence-corrected chi connectivity index (χ4v) is 6.32. The van der Waals surface area contributed by atoms with Gasteiger partial charge in [-0.3, -0.25) is 20.0 Å². The smallest absolute Gasteiger partial charge is 0.430 e. The Morgan fingerprint density at radius 2 is 1.76 bits per heavy atom. The lowest BCUT2D eigenvalue weighted by Gasteiger charge is -2.46. The molecule has 46 heavy (non-hydrogen) atoms. The lowest BCUT2D eigenvalue weighted by atomic mass is 9.89. The Balaban J connectivity index is 1.46. The van der Waals surface area contributed by atoms with E-state index in [-0.39, 0.29) is 42.6 Å². The molecule has 2 aliphatic rings. The summed E-state index contributed by atoms with van der Waals surface area (Å²) >= 11 is 0. The summed E-state index contributed by atoms with van der Waals surface area (Å²) in [6, 6.07) is 5.95. The average Bonchev–Trinajstić information content (AvgIpc) is 3.33. The zero-order valence-electron chi connectivity index (χ0n) is 27.0. The monoisotopic (exact) mass is 659 g/mol. The first-order valence-electron chi connectivity index (χ1n) is 15.5. The standard InChI is InChI=1S/C32H43F6N5O3/c1-7-8-23-13-24(30(45,31(33,34)35)32(36,37)38)9-11-26(23)42-15-22(5)43(16-21(42)4)28(44)17-41-18-29(6,40-19-41)27-12-10-25(14-39-27)46-20(2)3/h9-14,20-22,40,45H,7-8,15-19H2,1-6H3/t21?,22-,29+/m0/s1.